The molecule has 0 amide bonds. The Morgan fingerprint density at radius 2 is 1.42 bits per heavy atom. The van der Waals surface area contributed by atoms with E-state index >= 15 is 0 Å². The van der Waals surface area contributed by atoms with Crippen LogP contribution in [0.3, 0.4) is 0 Å². The van der Waals surface area contributed by atoms with Gasteiger partial charge in [-0.15, -0.1) is 0 Å². The number of aryl methyl sites for hydroxylation is 1. The molecule has 0 N–H and O–H groups in total. The Kier molecular flexibility index (Phi) is 6.02. The number of hydrogen-bond donors (Lipinski definition) is 0. The van der Waals surface area contributed by atoms with Gasteiger partial charge in [0.2, 0.25) is 0 Å². The lowest BCUT2D eigenvalue weighted by Crippen LogP contribution is -2.06. The van der Waals surface area contributed by atoms with Crippen LogP contribution in [0.5, 0.6) is 0 Å². The van der Waals surface area contributed by atoms with E-state index in [1.165, 1.54) is 77.6 Å². The zero-order valence-corrected chi connectivity index (χ0v) is 25.4. The molecular formula is C43H34N2. The fourth-order valence-electron chi connectivity index (χ4n) is 7.87. The van der Waals surface area contributed by atoms with E-state index in [4.69, 9.17) is 0 Å². The highest BCUT2D eigenvalue weighted by molar-refractivity contribution is 6.14. The Morgan fingerprint density at radius 3 is 2.33 bits per heavy atom. The predicted molar refractivity (Wildman–Crippen MR) is 191 cm³/mol. The first-order valence-corrected chi connectivity index (χ1v) is 16.1. The molecule has 1 unspecified atom stereocenters. The van der Waals surface area contributed by atoms with Gasteiger partial charge >= 0.3 is 0 Å². The minimum absolute atomic E-state index is 0.275. The van der Waals surface area contributed by atoms with Crippen LogP contribution >= 0.6 is 0 Å². The van der Waals surface area contributed by atoms with Crippen molar-refractivity contribution < 1.29 is 0 Å². The Bertz CT molecular complexity index is 2360. The number of allylic oxidation sites excluding steroid dienone is 5. The molecular weight excluding hydrogens is 544 g/mol. The summed E-state index contributed by atoms with van der Waals surface area (Å²) >= 11 is 0. The van der Waals surface area contributed by atoms with Crippen molar-refractivity contribution in [2.45, 2.75) is 32.1 Å². The molecule has 216 valence electrons. The second-order valence-electron chi connectivity index (χ2n) is 12.4. The molecule has 2 heterocycles. The second-order valence-corrected chi connectivity index (χ2v) is 12.4. The zero-order chi connectivity index (χ0) is 29.9. The van der Waals surface area contributed by atoms with Crippen molar-refractivity contribution in [3.63, 3.8) is 0 Å². The standard InChI is InChI=1S/C43H34N2/c1-29-14-5-8-24-38(29)45-40-26-10-7-20-37(40)42-33(21-13-27-41(42)45)30-15-11-16-31(28-30)34-22-12-23-36-35-19-6-9-25-39(35)44(43(34)36)32-17-3-2-4-18-32/h2-8,10-15,17-24,26-28,31H,9,16,25H2,1H3. The third kappa shape index (κ3) is 4.02. The van der Waals surface area contributed by atoms with Gasteiger partial charge in [-0.2, -0.15) is 0 Å². The number of rotatable bonds is 4. The predicted octanol–water partition coefficient (Wildman–Crippen LogP) is 11.1. The SMILES string of the molecule is Cc1ccccc1-n1c2ccccc2c2c(C3=CC(c4cccc5c6c(n(-c7ccccc7)c45)CCC=C6)CC=C3)cccc21. The summed E-state index contributed by atoms with van der Waals surface area (Å²) in [7, 11) is 0. The molecule has 7 aromatic rings. The fourth-order valence-corrected chi connectivity index (χ4v) is 7.87. The maximum absolute atomic E-state index is 2.55. The van der Waals surface area contributed by atoms with Crippen molar-refractivity contribution in [2.24, 2.45) is 0 Å². The quantitative estimate of drug-likeness (QED) is 0.197. The van der Waals surface area contributed by atoms with Crippen molar-refractivity contribution in [1.82, 2.24) is 9.13 Å². The molecule has 2 nitrogen and oxygen atoms in total. The van der Waals surface area contributed by atoms with Gasteiger partial charge in [0.15, 0.2) is 0 Å². The molecule has 0 aliphatic heterocycles. The summed E-state index contributed by atoms with van der Waals surface area (Å²) in [6.07, 6.45) is 15.1. The lowest BCUT2D eigenvalue weighted by Gasteiger charge is -2.21. The summed E-state index contributed by atoms with van der Waals surface area (Å²) in [5, 5.41) is 3.97. The largest absolute Gasteiger partial charge is 0.313 e. The van der Waals surface area contributed by atoms with Crippen molar-refractivity contribution in [3.8, 4) is 11.4 Å². The topological polar surface area (TPSA) is 9.86 Å². The lowest BCUT2D eigenvalue weighted by atomic mass is 9.85. The molecule has 2 aliphatic rings. The molecule has 9 rings (SSSR count). The monoisotopic (exact) mass is 578 g/mol. The van der Waals surface area contributed by atoms with Gasteiger partial charge in [0.1, 0.15) is 0 Å². The van der Waals surface area contributed by atoms with Crippen LogP contribution in [0.15, 0.2) is 140 Å². The average Bonchev–Trinajstić information content (AvgIpc) is 3.62. The Morgan fingerprint density at radius 1 is 0.644 bits per heavy atom. The fraction of sp³-hybridized carbons (Fsp3) is 0.116. The van der Waals surface area contributed by atoms with E-state index in [2.05, 4.69) is 162 Å². The zero-order valence-electron chi connectivity index (χ0n) is 25.4. The highest BCUT2D eigenvalue weighted by Crippen LogP contribution is 2.43. The molecule has 45 heavy (non-hydrogen) atoms. The number of benzene rings is 5. The van der Waals surface area contributed by atoms with Crippen LogP contribution in [0.25, 0.3) is 55.7 Å². The van der Waals surface area contributed by atoms with E-state index in [9.17, 15) is 0 Å². The lowest BCUT2D eigenvalue weighted by molar-refractivity contribution is 0.847. The van der Waals surface area contributed by atoms with Gasteiger partial charge in [-0.05, 0) is 78.8 Å². The van der Waals surface area contributed by atoms with E-state index in [-0.39, 0.29) is 5.92 Å². The molecule has 0 saturated carbocycles. The summed E-state index contributed by atoms with van der Waals surface area (Å²) in [5.41, 5.74) is 14.4. The average molecular weight is 579 g/mol. The first kappa shape index (κ1) is 26.1. The van der Waals surface area contributed by atoms with Crippen molar-refractivity contribution in [2.75, 3.05) is 0 Å². The normalized spacial score (nSPS) is 16.0. The number of para-hydroxylation sites is 4. The van der Waals surface area contributed by atoms with Crippen molar-refractivity contribution >= 4 is 44.4 Å². The smallest absolute Gasteiger partial charge is 0.0575 e. The maximum Gasteiger partial charge on any atom is 0.0575 e. The molecule has 0 bridgehead atoms. The van der Waals surface area contributed by atoms with Crippen LogP contribution < -0.4 is 0 Å². The summed E-state index contributed by atoms with van der Waals surface area (Å²) < 4.78 is 4.99. The number of nitrogens with zero attached hydrogens (tertiary/aromatic N) is 2. The Hall–Kier alpha value is -5.34. The minimum atomic E-state index is 0.275. The summed E-state index contributed by atoms with van der Waals surface area (Å²) in [5.74, 6) is 0.275. The third-order valence-electron chi connectivity index (χ3n) is 9.84. The van der Waals surface area contributed by atoms with Crippen LogP contribution in [-0.4, -0.2) is 9.13 Å². The summed E-state index contributed by atoms with van der Waals surface area (Å²) in [6.45, 7) is 2.20. The van der Waals surface area contributed by atoms with Crippen molar-refractivity contribution in [3.05, 3.63) is 168 Å². The number of hydrogen-bond acceptors (Lipinski definition) is 0. The molecule has 0 saturated heterocycles. The summed E-state index contributed by atoms with van der Waals surface area (Å²) in [4.78, 5) is 0. The molecule has 5 aromatic carbocycles. The van der Waals surface area contributed by atoms with Crippen LogP contribution in [0.2, 0.25) is 0 Å². The first-order chi connectivity index (χ1) is 22.3. The van der Waals surface area contributed by atoms with Gasteiger partial charge in [-0.25, -0.2) is 0 Å². The Balaban J connectivity index is 1.26. The van der Waals surface area contributed by atoms with Crippen LogP contribution in [0.4, 0.5) is 0 Å². The van der Waals surface area contributed by atoms with Crippen LogP contribution in [-0.2, 0) is 6.42 Å². The van der Waals surface area contributed by atoms with Gasteiger partial charge in [-0.1, -0.05) is 115 Å². The molecule has 0 radical (unpaired) electrons. The number of fused-ring (bicyclic) bond motifs is 6. The highest BCUT2D eigenvalue weighted by Gasteiger charge is 2.25. The molecule has 2 heteroatoms. The Labute approximate surface area is 263 Å². The first-order valence-electron chi connectivity index (χ1n) is 16.1. The van der Waals surface area contributed by atoms with Gasteiger partial charge in [0, 0.05) is 44.7 Å². The van der Waals surface area contributed by atoms with E-state index in [1.54, 1.807) is 0 Å². The van der Waals surface area contributed by atoms with E-state index in [1.807, 2.05) is 0 Å². The van der Waals surface area contributed by atoms with Gasteiger partial charge in [0.25, 0.3) is 0 Å². The third-order valence-corrected chi connectivity index (χ3v) is 9.84. The van der Waals surface area contributed by atoms with E-state index in [0.717, 1.165) is 19.3 Å². The van der Waals surface area contributed by atoms with Crippen LogP contribution in [0, 0.1) is 6.92 Å². The van der Waals surface area contributed by atoms with Gasteiger partial charge in [-0.3, -0.25) is 0 Å². The minimum Gasteiger partial charge on any atom is -0.313 e. The number of aromatic nitrogens is 2. The van der Waals surface area contributed by atoms with Gasteiger partial charge < -0.3 is 9.13 Å². The van der Waals surface area contributed by atoms with Crippen LogP contribution in [0.1, 0.15) is 46.7 Å². The molecule has 2 aromatic heterocycles. The molecule has 0 spiro atoms. The van der Waals surface area contributed by atoms with E-state index in [0.29, 0.717) is 0 Å². The summed E-state index contributed by atoms with van der Waals surface area (Å²) in [6, 6.07) is 42.3. The van der Waals surface area contributed by atoms with Gasteiger partial charge in [0.05, 0.1) is 16.6 Å². The molecule has 2 aliphatic carbocycles. The van der Waals surface area contributed by atoms with E-state index < -0.39 is 0 Å². The second kappa shape index (κ2) is 10.4. The maximum atomic E-state index is 2.55. The molecule has 0 fully saturated rings. The highest BCUT2D eigenvalue weighted by atomic mass is 15.0. The van der Waals surface area contributed by atoms with Crippen molar-refractivity contribution in [1.29, 1.82) is 0 Å². The molecule has 1 atom stereocenters.